The largest absolute Gasteiger partial charge is 0.427 e. The summed E-state index contributed by atoms with van der Waals surface area (Å²) in [6.45, 7) is 0. The maximum absolute atomic E-state index is 13.2. The van der Waals surface area contributed by atoms with Gasteiger partial charge in [-0.2, -0.15) is 36.5 Å². The summed E-state index contributed by atoms with van der Waals surface area (Å²) in [6.07, 6.45) is -3.85. The topological polar surface area (TPSA) is 133 Å². The predicted octanol–water partition coefficient (Wildman–Crippen LogP) is 6.73. The maximum Gasteiger partial charge on any atom is 0.427 e. The van der Waals surface area contributed by atoms with E-state index < -0.39 is 45.6 Å². The van der Waals surface area contributed by atoms with Gasteiger partial charge < -0.3 is 10.6 Å². The number of nitrogens with zero attached hydrogens (tertiary/aromatic N) is 7. The van der Waals surface area contributed by atoms with Gasteiger partial charge in [-0.25, -0.2) is 33.1 Å². The second-order valence-corrected chi connectivity index (χ2v) is 11.9. The van der Waals surface area contributed by atoms with E-state index in [0.29, 0.717) is 58.0 Å². The average molecular weight is 742 g/mol. The maximum atomic E-state index is 13.2. The lowest BCUT2D eigenvalue weighted by atomic mass is 10.3. The molecule has 0 radical (unpaired) electrons. The van der Waals surface area contributed by atoms with Gasteiger partial charge in [0.15, 0.2) is 16.1 Å². The SMILES string of the molecule is O=C(Cc1ccn(-c2ccc(F)cn2)n1)Nc1ncc(C(F)(F)F)s1.O=C(Cc1ccn(-c2cccc(F)c2)n1)Nc1ncc(C(F)(F)F)s1. The van der Waals surface area contributed by atoms with Gasteiger partial charge in [0.2, 0.25) is 11.8 Å². The van der Waals surface area contributed by atoms with E-state index in [2.05, 4.69) is 35.8 Å². The third-order valence-corrected chi connectivity index (χ3v) is 7.97. The highest BCUT2D eigenvalue weighted by Crippen LogP contribution is 2.36. The molecule has 0 fully saturated rings. The van der Waals surface area contributed by atoms with Crippen LogP contribution in [0.25, 0.3) is 11.5 Å². The fourth-order valence-corrected chi connectivity index (χ4v) is 5.29. The summed E-state index contributed by atoms with van der Waals surface area (Å²) in [7, 11) is 0. The molecule has 0 spiro atoms. The van der Waals surface area contributed by atoms with Gasteiger partial charge in [0, 0.05) is 12.4 Å². The number of aromatic nitrogens is 7. The molecular weight excluding hydrogens is 722 g/mol. The summed E-state index contributed by atoms with van der Waals surface area (Å²) in [5.74, 6) is -1.65. The molecule has 5 heterocycles. The Morgan fingerprint density at radius 3 is 1.68 bits per heavy atom. The van der Waals surface area contributed by atoms with Crippen LogP contribution in [-0.4, -0.2) is 46.3 Å². The molecule has 11 nitrogen and oxygen atoms in total. The molecule has 2 N–H and O–H groups in total. The fraction of sp³-hybridized carbons (Fsp3) is 0.138. The number of amides is 2. The van der Waals surface area contributed by atoms with Crippen molar-refractivity contribution in [2.24, 2.45) is 0 Å². The fourth-order valence-electron chi connectivity index (χ4n) is 3.89. The van der Waals surface area contributed by atoms with Crippen molar-refractivity contribution in [3.05, 3.63) is 112 Å². The molecule has 0 unspecified atom stereocenters. The molecule has 0 aliphatic heterocycles. The molecule has 0 bridgehead atoms. The molecular formula is C29H19F8N9O2S2. The van der Waals surface area contributed by atoms with Crippen LogP contribution in [0.3, 0.4) is 0 Å². The van der Waals surface area contributed by atoms with Gasteiger partial charge in [0.25, 0.3) is 0 Å². The Kier molecular flexibility index (Phi) is 10.7. The van der Waals surface area contributed by atoms with Crippen molar-refractivity contribution in [2.75, 3.05) is 10.6 Å². The van der Waals surface area contributed by atoms with Gasteiger partial charge in [0.1, 0.15) is 21.4 Å². The molecule has 0 atom stereocenters. The normalized spacial score (nSPS) is 11.5. The number of nitrogens with one attached hydrogen (secondary N) is 2. The smallest absolute Gasteiger partial charge is 0.302 e. The molecule has 0 aliphatic carbocycles. The Balaban J connectivity index is 0.000000194. The van der Waals surface area contributed by atoms with Crippen LogP contribution in [0.15, 0.2) is 79.5 Å². The highest BCUT2D eigenvalue weighted by atomic mass is 32.1. The number of anilines is 2. The van der Waals surface area contributed by atoms with Crippen molar-refractivity contribution in [1.82, 2.24) is 34.5 Å². The Morgan fingerprint density at radius 1 is 0.660 bits per heavy atom. The van der Waals surface area contributed by atoms with Crippen molar-refractivity contribution >= 4 is 44.8 Å². The highest BCUT2D eigenvalue weighted by molar-refractivity contribution is 7.16. The quantitative estimate of drug-likeness (QED) is 0.165. The van der Waals surface area contributed by atoms with Gasteiger partial charge in [-0.3, -0.25) is 9.59 Å². The van der Waals surface area contributed by atoms with E-state index in [-0.39, 0.29) is 23.1 Å². The molecule has 2 amide bonds. The number of hydrogen-bond acceptors (Lipinski definition) is 9. The third kappa shape index (κ3) is 9.75. The van der Waals surface area contributed by atoms with Crippen molar-refractivity contribution in [3.8, 4) is 11.5 Å². The molecule has 1 aromatic carbocycles. The van der Waals surface area contributed by atoms with Crippen LogP contribution < -0.4 is 10.6 Å². The lowest BCUT2D eigenvalue weighted by molar-refractivity contribution is -0.135. The zero-order chi connectivity index (χ0) is 36.1. The molecule has 6 aromatic rings. The van der Waals surface area contributed by atoms with E-state index in [0.717, 1.165) is 6.20 Å². The highest BCUT2D eigenvalue weighted by Gasteiger charge is 2.34. The first-order valence-electron chi connectivity index (χ1n) is 13.7. The Labute approximate surface area is 283 Å². The number of carbonyl (C=O) groups excluding carboxylic acids is 2. The molecule has 260 valence electrons. The summed E-state index contributed by atoms with van der Waals surface area (Å²) in [5, 5.41) is 12.6. The first kappa shape index (κ1) is 35.7. The summed E-state index contributed by atoms with van der Waals surface area (Å²) in [4.78, 5) is 32.9. The summed E-state index contributed by atoms with van der Waals surface area (Å²) < 4.78 is 104. The molecule has 5 aromatic heterocycles. The van der Waals surface area contributed by atoms with Crippen LogP contribution in [0, 0.1) is 11.6 Å². The molecule has 50 heavy (non-hydrogen) atoms. The summed E-state index contributed by atoms with van der Waals surface area (Å²) in [6, 6.07) is 11.5. The Morgan fingerprint density at radius 2 is 1.20 bits per heavy atom. The zero-order valence-electron chi connectivity index (χ0n) is 24.7. The number of thiazole rings is 2. The van der Waals surface area contributed by atoms with Crippen molar-refractivity contribution in [3.63, 3.8) is 0 Å². The van der Waals surface area contributed by atoms with E-state index in [1.807, 2.05) is 0 Å². The Hall–Kier alpha value is -5.57. The average Bonchev–Trinajstić information content (AvgIpc) is 3.86. The first-order chi connectivity index (χ1) is 23.6. The monoisotopic (exact) mass is 741 g/mol. The number of alkyl halides is 6. The molecule has 6 rings (SSSR count). The molecule has 0 aliphatic rings. The van der Waals surface area contributed by atoms with Crippen molar-refractivity contribution in [1.29, 1.82) is 0 Å². The molecule has 0 saturated carbocycles. The van der Waals surface area contributed by atoms with Gasteiger partial charge in [-0.05, 0) is 42.5 Å². The van der Waals surface area contributed by atoms with Crippen LogP contribution in [0.4, 0.5) is 45.4 Å². The van der Waals surface area contributed by atoms with Gasteiger partial charge >= 0.3 is 12.4 Å². The van der Waals surface area contributed by atoms with Gasteiger partial charge in [-0.1, -0.05) is 28.7 Å². The van der Waals surface area contributed by atoms with E-state index in [9.17, 15) is 44.7 Å². The van der Waals surface area contributed by atoms with Crippen molar-refractivity contribution < 1.29 is 44.7 Å². The zero-order valence-corrected chi connectivity index (χ0v) is 26.3. The Bertz CT molecular complexity index is 2090. The number of hydrogen-bond donors (Lipinski definition) is 2. The first-order valence-corrected chi connectivity index (χ1v) is 15.4. The van der Waals surface area contributed by atoms with Gasteiger partial charge in [-0.15, -0.1) is 0 Å². The van der Waals surface area contributed by atoms with Crippen LogP contribution >= 0.6 is 22.7 Å². The van der Waals surface area contributed by atoms with Crippen LogP contribution in [0.2, 0.25) is 0 Å². The summed E-state index contributed by atoms with van der Waals surface area (Å²) >= 11 is 0.690. The second-order valence-electron chi connectivity index (χ2n) is 9.82. The minimum atomic E-state index is -4.50. The van der Waals surface area contributed by atoms with Crippen molar-refractivity contribution in [2.45, 2.75) is 25.2 Å². The molecule has 21 heteroatoms. The summed E-state index contributed by atoms with van der Waals surface area (Å²) in [5.41, 5.74) is 1.24. The number of carbonyl (C=O) groups is 2. The second kappa shape index (κ2) is 14.9. The number of benzene rings is 1. The number of halogens is 8. The third-order valence-electron chi connectivity index (χ3n) is 6.05. The van der Waals surface area contributed by atoms with E-state index >= 15 is 0 Å². The van der Waals surface area contributed by atoms with Crippen LogP contribution in [0.1, 0.15) is 21.1 Å². The number of rotatable bonds is 8. The van der Waals surface area contributed by atoms with E-state index in [4.69, 9.17) is 0 Å². The minimum Gasteiger partial charge on any atom is -0.302 e. The number of pyridine rings is 1. The lowest BCUT2D eigenvalue weighted by Gasteiger charge is -2.02. The predicted molar refractivity (Wildman–Crippen MR) is 164 cm³/mol. The standard InChI is InChI=1S/C15H10F4N4OS.C14H9F4N5OS/c16-9-2-1-3-11(6-9)23-5-4-10(22-23)7-13(24)21-14-20-8-12(25-14)15(17,18)19;15-8-1-2-11(19-6-8)23-4-3-9(22-23)5-12(24)21-13-20-7-10(25-13)14(16,17)18/h1-6,8H,7H2,(H,20,21,24);1-4,6-7H,5H2,(H,20,21,24). The van der Waals surface area contributed by atoms with Gasteiger partial charge in [0.05, 0.1) is 48.5 Å². The van der Waals surface area contributed by atoms with E-state index in [1.54, 1.807) is 24.4 Å². The van der Waals surface area contributed by atoms with Crippen LogP contribution in [-0.2, 0) is 34.8 Å². The lowest BCUT2D eigenvalue weighted by Crippen LogP contribution is -2.14. The molecule has 0 saturated heterocycles. The van der Waals surface area contributed by atoms with E-state index in [1.165, 1.54) is 45.9 Å². The van der Waals surface area contributed by atoms with Crippen LogP contribution in [0.5, 0.6) is 0 Å². The minimum absolute atomic E-state index is 0.137.